The summed E-state index contributed by atoms with van der Waals surface area (Å²) in [6, 6.07) is 25.1. The lowest BCUT2D eigenvalue weighted by molar-refractivity contribution is -0.128. The maximum absolute atomic E-state index is 13.0. The number of carbonyl (C=O) groups excluding carboxylic acids is 2. The van der Waals surface area contributed by atoms with E-state index in [1.54, 1.807) is 54.2 Å². The summed E-state index contributed by atoms with van der Waals surface area (Å²) in [5, 5.41) is 3.26. The molecule has 12 heteroatoms. The van der Waals surface area contributed by atoms with Crippen LogP contribution < -0.4 is 19.5 Å². The van der Waals surface area contributed by atoms with Gasteiger partial charge in [-0.05, 0) is 71.8 Å². The van der Waals surface area contributed by atoms with Gasteiger partial charge in [-0.1, -0.05) is 35.9 Å². The number of thioether (sulfide) groups is 1. The Balaban J connectivity index is 1.23. The Morgan fingerprint density at radius 2 is 1.65 bits per heavy atom. The van der Waals surface area contributed by atoms with Gasteiger partial charge in [-0.25, -0.2) is 8.42 Å². The minimum absolute atomic E-state index is 0.0134. The van der Waals surface area contributed by atoms with Crippen molar-refractivity contribution < 1.29 is 27.5 Å². The number of amides is 2. The van der Waals surface area contributed by atoms with Crippen LogP contribution in [0, 0.1) is 0 Å². The molecule has 2 amide bonds. The van der Waals surface area contributed by atoms with Crippen molar-refractivity contribution in [3.63, 3.8) is 0 Å². The number of hydrogen-bond donors (Lipinski definition) is 2. The van der Waals surface area contributed by atoms with Gasteiger partial charge in [0.05, 0.1) is 30.6 Å². The predicted molar refractivity (Wildman–Crippen MR) is 168 cm³/mol. The first-order valence-corrected chi connectivity index (χ1v) is 16.0. The van der Waals surface area contributed by atoms with Crippen LogP contribution in [0.2, 0.25) is 5.02 Å². The minimum atomic E-state index is -3.93. The first-order chi connectivity index (χ1) is 20.7. The quantitative estimate of drug-likeness (QED) is 0.213. The average Bonchev–Trinajstić information content (AvgIpc) is 3.38. The Labute approximate surface area is 259 Å². The number of hydrogen-bond acceptors (Lipinski definition) is 7. The summed E-state index contributed by atoms with van der Waals surface area (Å²) in [7, 11) is -0.987. The van der Waals surface area contributed by atoms with Gasteiger partial charge in [-0.3, -0.25) is 14.3 Å². The third-order valence-electron chi connectivity index (χ3n) is 6.77. The Bertz CT molecular complexity index is 1730. The lowest BCUT2D eigenvalue weighted by Crippen LogP contribution is -2.27. The summed E-state index contributed by atoms with van der Waals surface area (Å²) in [5.74, 6) is 0.922. The third-order valence-corrected chi connectivity index (χ3v) is 9.66. The molecule has 0 radical (unpaired) electrons. The van der Waals surface area contributed by atoms with Gasteiger partial charge in [0.15, 0.2) is 0 Å². The number of methoxy groups -OCH3 is 2. The SMILES string of the molecule is COc1ccc(NS(=O)(=O)c2ccc(NC(=O)c3ccc([C@H]4SCC(=O)N4Cc4ccc(Cl)cc4)cc3)cc2)c(OC)c1. The summed E-state index contributed by atoms with van der Waals surface area (Å²) in [6.45, 7) is 0.463. The van der Waals surface area contributed by atoms with Gasteiger partial charge >= 0.3 is 0 Å². The van der Waals surface area contributed by atoms with E-state index in [-0.39, 0.29) is 27.8 Å². The fraction of sp³-hybridized carbons (Fsp3) is 0.161. The second kappa shape index (κ2) is 13.0. The molecule has 0 saturated carbocycles. The summed E-state index contributed by atoms with van der Waals surface area (Å²) >= 11 is 7.53. The fourth-order valence-corrected chi connectivity index (χ4v) is 6.88. The van der Waals surface area contributed by atoms with Crippen LogP contribution in [0.4, 0.5) is 11.4 Å². The zero-order chi connectivity index (χ0) is 30.6. The molecule has 4 aromatic carbocycles. The molecule has 1 aliphatic heterocycles. The highest BCUT2D eigenvalue weighted by Crippen LogP contribution is 2.39. The summed E-state index contributed by atoms with van der Waals surface area (Å²) in [6.07, 6.45) is 0. The van der Waals surface area contributed by atoms with Crippen LogP contribution in [-0.2, 0) is 21.4 Å². The van der Waals surface area contributed by atoms with Crippen molar-refractivity contribution in [3.05, 3.63) is 113 Å². The van der Waals surface area contributed by atoms with E-state index in [0.29, 0.717) is 40.1 Å². The first kappa shape index (κ1) is 30.3. The van der Waals surface area contributed by atoms with Gasteiger partial charge in [0.25, 0.3) is 15.9 Å². The molecule has 0 bridgehead atoms. The molecule has 1 saturated heterocycles. The number of halogens is 1. The van der Waals surface area contributed by atoms with E-state index in [2.05, 4.69) is 10.0 Å². The number of ether oxygens (including phenoxy) is 2. The molecule has 5 rings (SSSR count). The van der Waals surface area contributed by atoms with Crippen LogP contribution in [0.25, 0.3) is 0 Å². The van der Waals surface area contributed by atoms with Crippen LogP contribution in [0.15, 0.2) is 95.9 Å². The molecule has 0 aliphatic carbocycles. The standard InChI is InChI=1S/C31H28ClN3O6S2/c1-40-25-13-16-27(28(17-25)41-2)34-43(38,39)26-14-11-24(12-15-26)33-30(37)21-5-7-22(8-6-21)31-35(29(36)19-42-31)18-20-3-9-23(32)10-4-20/h3-17,31,34H,18-19H2,1-2H3,(H,33,37)/t31-/m1/s1. The summed E-state index contributed by atoms with van der Waals surface area (Å²) in [4.78, 5) is 27.4. The summed E-state index contributed by atoms with van der Waals surface area (Å²) < 4.78 is 38.9. The van der Waals surface area contributed by atoms with Crippen molar-refractivity contribution in [3.8, 4) is 11.5 Å². The highest BCUT2D eigenvalue weighted by Gasteiger charge is 2.32. The van der Waals surface area contributed by atoms with Crippen molar-refractivity contribution in [1.29, 1.82) is 0 Å². The van der Waals surface area contributed by atoms with Crippen molar-refractivity contribution in [2.75, 3.05) is 30.0 Å². The van der Waals surface area contributed by atoms with Crippen molar-refractivity contribution >= 4 is 56.6 Å². The molecule has 2 N–H and O–H groups in total. The van der Waals surface area contributed by atoms with E-state index in [1.165, 1.54) is 38.5 Å². The number of carbonyl (C=O) groups is 2. The number of sulfonamides is 1. The maximum atomic E-state index is 13.0. The predicted octanol–water partition coefficient (Wildman–Crippen LogP) is 6.18. The zero-order valence-electron chi connectivity index (χ0n) is 23.2. The van der Waals surface area contributed by atoms with Gasteiger partial charge < -0.3 is 19.7 Å². The maximum Gasteiger partial charge on any atom is 0.262 e. The van der Waals surface area contributed by atoms with Crippen LogP contribution in [0.3, 0.4) is 0 Å². The number of rotatable bonds is 10. The van der Waals surface area contributed by atoms with Gasteiger partial charge in [0.2, 0.25) is 5.91 Å². The van der Waals surface area contributed by atoms with Gasteiger partial charge in [0.1, 0.15) is 16.9 Å². The van der Waals surface area contributed by atoms with Crippen LogP contribution in [0.5, 0.6) is 11.5 Å². The number of nitrogens with zero attached hydrogens (tertiary/aromatic N) is 1. The Morgan fingerprint density at radius 3 is 2.30 bits per heavy atom. The van der Waals surface area contributed by atoms with Gasteiger partial charge in [-0.15, -0.1) is 11.8 Å². The van der Waals surface area contributed by atoms with E-state index in [4.69, 9.17) is 21.1 Å². The van der Waals surface area contributed by atoms with Gasteiger partial charge in [-0.2, -0.15) is 0 Å². The fourth-order valence-electron chi connectivity index (χ4n) is 4.49. The molecule has 0 unspecified atom stereocenters. The highest BCUT2D eigenvalue weighted by atomic mass is 35.5. The van der Waals surface area contributed by atoms with E-state index in [1.807, 2.05) is 29.2 Å². The van der Waals surface area contributed by atoms with Crippen molar-refractivity contribution in [1.82, 2.24) is 4.90 Å². The molecule has 222 valence electrons. The van der Waals surface area contributed by atoms with Crippen molar-refractivity contribution in [2.24, 2.45) is 0 Å². The van der Waals surface area contributed by atoms with E-state index < -0.39 is 10.0 Å². The van der Waals surface area contributed by atoms with Gasteiger partial charge in [0, 0.05) is 28.9 Å². The second-order valence-corrected chi connectivity index (χ2v) is 12.8. The van der Waals surface area contributed by atoms with Crippen LogP contribution in [0.1, 0.15) is 26.9 Å². The first-order valence-electron chi connectivity index (χ1n) is 13.1. The molecule has 0 aromatic heterocycles. The molecule has 0 spiro atoms. The minimum Gasteiger partial charge on any atom is -0.497 e. The summed E-state index contributed by atoms with van der Waals surface area (Å²) in [5.41, 5.74) is 3.01. The number of nitrogens with one attached hydrogen (secondary N) is 2. The molecule has 1 atom stereocenters. The molecule has 9 nitrogen and oxygen atoms in total. The molecule has 1 aliphatic rings. The monoisotopic (exact) mass is 637 g/mol. The van der Waals surface area contributed by atoms with E-state index in [0.717, 1.165) is 11.1 Å². The number of benzene rings is 4. The topological polar surface area (TPSA) is 114 Å². The molecular formula is C31H28ClN3O6S2. The number of anilines is 2. The Morgan fingerprint density at radius 1 is 0.953 bits per heavy atom. The zero-order valence-corrected chi connectivity index (χ0v) is 25.6. The van der Waals surface area contributed by atoms with Crippen molar-refractivity contribution in [2.45, 2.75) is 16.8 Å². The normalized spacial score (nSPS) is 14.8. The molecule has 4 aromatic rings. The average molecular weight is 638 g/mol. The van der Waals surface area contributed by atoms with E-state index >= 15 is 0 Å². The van der Waals surface area contributed by atoms with Crippen LogP contribution >= 0.6 is 23.4 Å². The smallest absolute Gasteiger partial charge is 0.262 e. The molecular weight excluding hydrogens is 610 g/mol. The lowest BCUT2D eigenvalue weighted by Gasteiger charge is -2.24. The molecule has 1 heterocycles. The second-order valence-electron chi connectivity index (χ2n) is 9.58. The highest BCUT2D eigenvalue weighted by molar-refractivity contribution is 8.00. The largest absolute Gasteiger partial charge is 0.497 e. The Hall–Kier alpha value is -4.19. The van der Waals surface area contributed by atoms with Crippen LogP contribution in [-0.4, -0.2) is 45.1 Å². The third kappa shape index (κ3) is 7.07. The molecule has 1 fully saturated rings. The van der Waals surface area contributed by atoms with E-state index in [9.17, 15) is 18.0 Å². The Kier molecular flexibility index (Phi) is 9.14. The molecule has 43 heavy (non-hydrogen) atoms. The lowest BCUT2D eigenvalue weighted by atomic mass is 10.1.